The van der Waals surface area contributed by atoms with Gasteiger partial charge in [-0.05, 0) is 50.2 Å². The summed E-state index contributed by atoms with van der Waals surface area (Å²) in [7, 11) is 0. The standard InChI is InChI=1S/C18H19N5OS/c1-3-23(4-2)15-7-5-13(6-8-15)16(24)20-18-22-21-17(25-18)14-9-11-19-12-10-14/h5-12H,3-4H2,1-2H3,(H,20,22,24). The van der Waals surface area contributed by atoms with E-state index in [1.165, 1.54) is 11.3 Å². The molecule has 0 bridgehead atoms. The van der Waals surface area contributed by atoms with E-state index in [1.54, 1.807) is 12.4 Å². The van der Waals surface area contributed by atoms with Crippen molar-refractivity contribution in [3.05, 3.63) is 54.4 Å². The molecule has 3 aromatic rings. The van der Waals surface area contributed by atoms with E-state index >= 15 is 0 Å². The maximum atomic E-state index is 12.4. The third kappa shape index (κ3) is 4.00. The number of benzene rings is 1. The fourth-order valence-electron chi connectivity index (χ4n) is 2.47. The predicted molar refractivity (Wildman–Crippen MR) is 101 cm³/mol. The third-order valence-electron chi connectivity index (χ3n) is 3.83. The van der Waals surface area contributed by atoms with E-state index in [2.05, 4.69) is 39.2 Å². The van der Waals surface area contributed by atoms with E-state index in [4.69, 9.17) is 0 Å². The quantitative estimate of drug-likeness (QED) is 0.732. The molecule has 128 valence electrons. The van der Waals surface area contributed by atoms with Crippen LogP contribution in [0.5, 0.6) is 0 Å². The second-order valence-electron chi connectivity index (χ2n) is 5.32. The summed E-state index contributed by atoms with van der Waals surface area (Å²) in [5.74, 6) is -0.191. The highest BCUT2D eigenvalue weighted by Crippen LogP contribution is 2.26. The Bertz CT molecular complexity index is 828. The fourth-order valence-corrected chi connectivity index (χ4v) is 3.21. The maximum Gasteiger partial charge on any atom is 0.257 e. The van der Waals surface area contributed by atoms with E-state index in [0.717, 1.165) is 29.3 Å². The highest BCUT2D eigenvalue weighted by molar-refractivity contribution is 7.18. The lowest BCUT2D eigenvalue weighted by atomic mass is 10.2. The molecule has 0 aliphatic carbocycles. The number of rotatable bonds is 6. The number of aromatic nitrogens is 3. The lowest BCUT2D eigenvalue weighted by Gasteiger charge is -2.20. The number of pyridine rings is 1. The Morgan fingerprint density at radius 1 is 1.04 bits per heavy atom. The summed E-state index contributed by atoms with van der Waals surface area (Å²) >= 11 is 1.33. The number of amides is 1. The Labute approximate surface area is 150 Å². The molecule has 6 nitrogen and oxygen atoms in total. The fraction of sp³-hybridized carbons (Fsp3) is 0.222. The minimum atomic E-state index is -0.191. The van der Waals surface area contributed by atoms with Gasteiger partial charge in [-0.3, -0.25) is 15.1 Å². The summed E-state index contributed by atoms with van der Waals surface area (Å²) < 4.78 is 0. The van der Waals surface area contributed by atoms with Gasteiger partial charge in [0.1, 0.15) is 5.01 Å². The Kier molecular flexibility index (Phi) is 5.35. The zero-order valence-corrected chi connectivity index (χ0v) is 15.0. The van der Waals surface area contributed by atoms with Crippen LogP contribution in [0.4, 0.5) is 10.8 Å². The van der Waals surface area contributed by atoms with Crippen LogP contribution >= 0.6 is 11.3 Å². The van der Waals surface area contributed by atoms with E-state index in [9.17, 15) is 4.79 Å². The van der Waals surface area contributed by atoms with Crippen LogP contribution in [0.25, 0.3) is 10.6 Å². The van der Waals surface area contributed by atoms with Crippen LogP contribution in [0.15, 0.2) is 48.8 Å². The smallest absolute Gasteiger partial charge is 0.257 e. The SMILES string of the molecule is CCN(CC)c1ccc(C(=O)Nc2nnc(-c3ccncc3)s2)cc1. The van der Waals surface area contributed by atoms with Gasteiger partial charge in [-0.15, -0.1) is 10.2 Å². The number of carbonyl (C=O) groups is 1. The van der Waals surface area contributed by atoms with Crippen LogP contribution in [0, 0.1) is 0 Å². The van der Waals surface area contributed by atoms with E-state index in [1.807, 2.05) is 36.4 Å². The van der Waals surface area contributed by atoms with Gasteiger partial charge in [0.05, 0.1) is 0 Å². The summed E-state index contributed by atoms with van der Waals surface area (Å²) in [5, 5.41) is 12.2. The Hall–Kier alpha value is -2.80. The zero-order valence-electron chi connectivity index (χ0n) is 14.1. The summed E-state index contributed by atoms with van der Waals surface area (Å²) in [6.07, 6.45) is 3.40. The van der Waals surface area contributed by atoms with Crippen molar-refractivity contribution >= 4 is 28.1 Å². The molecule has 2 aromatic heterocycles. The first-order chi connectivity index (χ1) is 12.2. The number of nitrogens with zero attached hydrogens (tertiary/aromatic N) is 4. The van der Waals surface area contributed by atoms with Crippen molar-refractivity contribution < 1.29 is 4.79 Å². The molecule has 0 radical (unpaired) electrons. The number of hydrogen-bond acceptors (Lipinski definition) is 6. The first-order valence-corrected chi connectivity index (χ1v) is 8.93. The molecule has 1 N–H and O–H groups in total. The number of hydrogen-bond donors (Lipinski definition) is 1. The third-order valence-corrected chi connectivity index (χ3v) is 4.72. The van der Waals surface area contributed by atoms with Crippen molar-refractivity contribution in [1.82, 2.24) is 15.2 Å². The van der Waals surface area contributed by atoms with Gasteiger partial charge >= 0.3 is 0 Å². The monoisotopic (exact) mass is 353 g/mol. The largest absolute Gasteiger partial charge is 0.372 e. The molecule has 7 heteroatoms. The molecule has 0 saturated carbocycles. The molecule has 0 fully saturated rings. The first kappa shape index (κ1) is 17.0. The highest BCUT2D eigenvalue weighted by Gasteiger charge is 2.12. The van der Waals surface area contributed by atoms with Crippen molar-refractivity contribution in [1.29, 1.82) is 0 Å². The molecule has 0 saturated heterocycles. The average Bonchev–Trinajstić information content (AvgIpc) is 3.12. The van der Waals surface area contributed by atoms with Gasteiger partial charge < -0.3 is 4.90 Å². The Balaban J connectivity index is 1.69. The van der Waals surface area contributed by atoms with Gasteiger partial charge in [0.2, 0.25) is 5.13 Å². The molecule has 1 aromatic carbocycles. The molecular weight excluding hydrogens is 334 g/mol. The zero-order chi connectivity index (χ0) is 17.6. The minimum Gasteiger partial charge on any atom is -0.372 e. The van der Waals surface area contributed by atoms with E-state index in [-0.39, 0.29) is 5.91 Å². The Morgan fingerprint density at radius 3 is 2.36 bits per heavy atom. The van der Waals surface area contributed by atoms with Crippen molar-refractivity contribution in [3.8, 4) is 10.6 Å². The second-order valence-corrected chi connectivity index (χ2v) is 6.30. The van der Waals surface area contributed by atoms with Crippen LogP contribution in [0.1, 0.15) is 24.2 Å². The molecule has 0 unspecified atom stereocenters. The number of anilines is 2. The second kappa shape index (κ2) is 7.85. The lowest BCUT2D eigenvalue weighted by Crippen LogP contribution is -2.21. The highest BCUT2D eigenvalue weighted by atomic mass is 32.1. The molecule has 25 heavy (non-hydrogen) atoms. The number of carbonyl (C=O) groups excluding carboxylic acids is 1. The molecule has 0 aliphatic rings. The molecule has 0 aliphatic heterocycles. The lowest BCUT2D eigenvalue weighted by molar-refractivity contribution is 0.102. The molecular formula is C18H19N5OS. The van der Waals surface area contributed by atoms with Crippen molar-refractivity contribution in [2.45, 2.75) is 13.8 Å². The predicted octanol–water partition coefficient (Wildman–Crippen LogP) is 3.70. The van der Waals surface area contributed by atoms with Crippen molar-refractivity contribution in [2.24, 2.45) is 0 Å². The topological polar surface area (TPSA) is 71.0 Å². The molecule has 1 amide bonds. The van der Waals surface area contributed by atoms with E-state index < -0.39 is 0 Å². The van der Waals surface area contributed by atoms with Crippen molar-refractivity contribution in [3.63, 3.8) is 0 Å². The van der Waals surface area contributed by atoms with Crippen LogP contribution in [0.3, 0.4) is 0 Å². The summed E-state index contributed by atoms with van der Waals surface area (Å²) in [4.78, 5) is 18.6. The molecule has 2 heterocycles. The Morgan fingerprint density at radius 2 is 1.72 bits per heavy atom. The molecule has 3 rings (SSSR count). The van der Waals surface area contributed by atoms with Crippen LogP contribution < -0.4 is 10.2 Å². The van der Waals surface area contributed by atoms with Gasteiger partial charge in [-0.1, -0.05) is 11.3 Å². The van der Waals surface area contributed by atoms with Gasteiger partial charge in [0.25, 0.3) is 5.91 Å². The van der Waals surface area contributed by atoms with Gasteiger partial charge in [-0.2, -0.15) is 0 Å². The molecule has 0 atom stereocenters. The summed E-state index contributed by atoms with van der Waals surface area (Å²) in [5.41, 5.74) is 2.63. The van der Waals surface area contributed by atoms with E-state index in [0.29, 0.717) is 10.7 Å². The molecule has 0 spiro atoms. The summed E-state index contributed by atoms with van der Waals surface area (Å²) in [6, 6.07) is 11.3. The maximum absolute atomic E-state index is 12.4. The van der Waals surface area contributed by atoms with Crippen LogP contribution in [-0.4, -0.2) is 34.2 Å². The van der Waals surface area contributed by atoms with Gasteiger partial charge in [0, 0.05) is 42.3 Å². The van der Waals surface area contributed by atoms with Crippen LogP contribution in [-0.2, 0) is 0 Å². The van der Waals surface area contributed by atoms with Crippen molar-refractivity contribution in [2.75, 3.05) is 23.3 Å². The minimum absolute atomic E-state index is 0.191. The normalized spacial score (nSPS) is 10.5. The average molecular weight is 353 g/mol. The van der Waals surface area contributed by atoms with Crippen LogP contribution in [0.2, 0.25) is 0 Å². The number of nitrogens with one attached hydrogen (secondary N) is 1. The van der Waals surface area contributed by atoms with Gasteiger partial charge in [-0.25, -0.2) is 0 Å². The first-order valence-electron chi connectivity index (χ1n) is 8.11. The van der Waals surface area contributed by atoms with Gasteiger partial charge in [0.15, 0.2) is 0 Å². The summed E-state index contributed by atoms with van der Waals surface area (Å²) in [6.45, 7) is 6.09.